The van der Waals surface area contributed by atoms with Crippen molar-refractivity contribution in [1.29, 1.82) is 0 Å². The fourth-order valence-electron chi connectivity index (χ4n) is 2.90. The molecule has 0 radical (unpaired) electrons. The first kappa shape index (κ1) is 20.8. The van der Waals surface area contributed by atoms with Crippen molar-refractivity contribution >= 4 is 0 Å². The van der Waals surface area contributed by atoms with Gasteiger partial charge in [0.15, 0.2) is 0 Å². The van der Waals surface area contributed by atoms with Gasteiger partial charge in [0.25, 0.3) is 0 Å². The molecule has 0 aliphatic rings. The zero-order valence-electron chi connectivity index (χ0n) is 16.2. The van der Waals surface area contributed by atoms with Crippen molar-refractivity contribution in [2.45, 2.75) is 25.7 Å². The second kappa shape index (κ2) is 9.04. The molecule has 3 rings (SSSR count). The number of nitrogens with zero attached hydrogens (tertiary/aromatic N) is 5. The maximum atomic E-state index is 12.3. The topological polar surface area (TPSA) is 56.1 Å². The van der Waals surface area contributed by atoms with Crippen LogP contribution in [-0.4, -0.2) is 52.1 Å². The van der Waals surface area contributed by atoms with Crippen LogP contribution in [0.3, 0.4) is 0 Å². The predicted molar refractivity (Wildman–Crippen MR) is 102 cm³/mol. The van der Waals surface area contributed by atoms with Crippen LogP contribution in [0.1, 0.15) is 17.5 Å². The number of aryl methyl sites for hydroxylation is 1. The second-order valence-electron chi connectivity index (χ2n) is 6.89. The van der Waals surface area contributed by atoms with Crippen LogP contribution in [-0.2, 0) is 13.0 Å². The Morgan fingerprint density at radius 2 is 1.76 bits per heavy atom. The highest BCUT2D eigenvalue weighted by molar-refractivity contribution is 5.60. The molecule has 1 aromatic heterocycles. The van der Waals surface area contributed by atoms with Crippen molar-refractivity contribution in [2.75, 3.05) is 20.6 Å². The van der Waals surface area contributed by atoms with Crippen LogP contribution in [0.2, 0.25) is 0 Å². The zero-order chi connectivity index (χ0) is 20.9. The number of benzene rings is 2. The maximum absolute atomic E-state index is 12.3. The Bertz CT molecular complexity index is 922. The summed E-state index contributed by atoms with van der Waals surface area (Å²) in [7, 11) is 4.02. The Hall–Kier alpha value is -2.94. The molecule has 0 aliphatic heterocycles. The third kappa shape index (κ3) is 6.28. The molecule has 0 N–H and O–H groups in total. The van der Waals surface area contributed by atoms with Gasteiger partial charge < -0.3 is 9.64 Å². The van der Waals surface area contributed by atoms with Crippen molar-refractivity contribution in [3.8, 4) is 17.1 Å². The lowest BCUT2D eigenvalue weighted by molar-refractivity contribution is -0.274. The molecule has 1 heterocycles. The van der Waals surface area contributed by atoms with Crippen LogP contribution < -0.4 is 4.74 Å². The molecule has 3 aromatic rings. The van der Waals surface area contributed by atoms with Crippen molar-refractivity contribution in [1.82, 2.24) is 25.1 Å². The number of tetrazole rings is 1. The Kier molecular flexibility index (Phi) is 6.48. The first-order valence-electron chi connectivity index (χ1n) is 9.16. The van der Waals surface area contributed by atoms with E-state index in [1.54, 1.807) is 16.9 Å². The fraction of sp³-hybridized carbons (Fsp3) is 0.350. The van der Waals surface area contributed by atoms with Crippen LogP contribution >= 0.6 is 0 Å². The van der Waals surface area contributed by atoms with Crippen LogP contribution in [0, 0.1) is 0 Å². The van der Waals surface area contributed by atoms with Crippen molar-refractivity contribution in [3.05, 3.63) is 59.7 Å². The van der Waals surface area contributed by atoms with Crippen LogP contribution in [0.5, 0.6) is 5.75 Å². The van der Waals surface area contributed by atoms with Crippen LogP contribution in [0.15, 0.2) is 48.5 Å². The molecule has 154 valence electrons. The van der Waals surface area contributed by atoms with E-state index in [0.717, 1.165) is 29.7 Å². The molecule has 9 heteroatoms. The molecule has 0 amide bonds. The van der Waals surface area contributed by atoms with Gasteiger partial charge in [0.2, 0.25) is 5.82 Å². The zero-order valence-corrected chi connectivity index (χ0v) is 16.2. The van der Waals surface area contributed by atoms with E-state index in [0.29, 0.717) is 18.8 Å². The van der Waals surface area contributed by atoms with Gasteiger partial charge in [-0.1, -0.05) is 36.4 Å². The summed E-state index contributed by atoms with van der Waals surface area (Å²) in [4.78, 5) is 3.68. The highest BCUT2D eigenvalue weighted by Gasteiger charge is 2.30. The minimum atomic E-state index is -4.70. The first-order valence-corrected chi connectivity index (χ1v) is 9.16. The van der Waals surface area contributed by atoms with Gasteiger partial charge >= 0.3 is 6.36 Å². The highest BCUT2D eigenvalue weighted by Crippen LogP contribution is 2.25. The summed E-state index contributed by atoms with van der Waals surface area (Å²) < 4.78 is 40.8. The number of alkyl halides is 3. The first-order chi connectivity index (χ1) is 13.8. The number of hydrogen-bond donors (Lipinski definition) is 0. The van der Waals surface area contributed by atoms with Gasteiger partial charge in [-0.3, -0.25) is 0 Å². The highest BCUT2D eigenvalue weighted by atomic mass is 19.4. The number of hydrogen-bond acceptors (Lipinski definition) is 5. The van der Waals surface area contributed by atoms with E-state index >= 15 is 0 Å². The van der Waals surface area contributed by atoms with E-state index < -0.39 is 6.36 Å². The second-order valence-corrected chi connectivity index (χ2v) is 6.89. The summed E-state index contributed by atoms with van der Waals surface area (Å²) in [6.07, 6.45) is -3.26. The Morgan fingerprint density at radius 1 is 1.03 bits per heavy atom. The molecule has 0 spiro atoms. The molecule has 2 aromatic carbocycles. The summed E-state index contributed by atoms with van der Waals surface area (Å²) in [5.74, 6) is 0.291. The van der Waals surface area contributed by atoms with E-state index in [1.807, 2.05) is 38.4 Å². The van der Waals surface area contributed by atoms with Gasteiger partial charge in [0.05, 0.1) is 6.54 Å². The normalized spacial score (nSPS) is 11.8. The molecule has 0 saturated heterocycles. The molecule has 29 heavy (non-hydrogen) atoms. The van der Waals surface area contributed by atoms with Gasteiger partial charge in [-0.05, 0) is 62.0 Å². The molecule has 0 fully saturated rings. The van der Waals surface area contributed by atoms with Gasteiger partial charge in [-0.15, -0.1) is 23.4 Å². The number of aromatic nitrogens is 4. The van der Waals surface area contributed by atoms with Gasteiger partial charge in [0, 0.05) is 5.56 Å². The molecular formula is C20H22F3N5O. The largest absolute Gasteiger partial charge is 0.573 e. The van der Waals surface area contributed by atoms with E-state index in [1.165, 1.54) is 12.1 Å². The number of halogens is 3. The SMILES string of the molecule is CN(C)CCCn1nnc(-c2ccccc2Cc2ccc(OC(F)(F)F)cc2)n1. The average molecular weight is 405 g/mol. The van der Waals surface area contributed by atoms with Crippen LogP contribution in [0.25, 0.3) is 11.4 Å². The van der Waals surface area contributed by atoms with Crippen LogP contribution in [0.4, 0.5) is 13.2 Å². The smallest absolute Gasteiger partial charge is 0.406 e. The summed E-state index contributed by atoms with van der Waals surface area (Å²) in [6, 6.07) is 13.5. The molecule has 0 saturated carbocycles. The van der Waals surface area contributed by atoms with E-state index in [9.17, 15) is 13.2 Å². The van der Waals surface area contributed by atoms with Gasteiger partial charge in [-0.2, -0.15) is 4.80 Å². The van der Waals surface area contributed by atoms with Crippen molar-refractivity contribution < 1.29 is 17.9 Å². The number of rotatable bonds is 8. The van der Waals surface area contributed by atoms with E-state index in [2.05, 4.69) is 25.0 Å². The Balaban J connectivity index is 1.72. The average Bonchev–Trinajstić information content (AvgIpc) is 3.11. The lowest BCUT2D eigenvalue weighted by atomic mass is 9.99. The summed E-state index contributed by atoms with van der Waals surface area (Å²) >= 11 is 0. The lowest BCUT2D eigenvalue weighted by Gasteiger charge is -2.10. The summed E-state index contributed by atoms with van der Waals surface area (Å²) in [6.45, 7) is 1.61. The predicted octanol–water partition coefficient (Wildman–Crippen LogP) is 3.78. The lowest BCUT2D eigenvalue weighted by Crippen LogP contribution is -2.17. The molecule has 0 aliphatic carbocycles. The molecule has 0 unspecified atom stereocenters. The Morgan fingerprint density at radius 3 is 2.45 bits per heavy atom. The van der Waals surface area contributed by atoms with E-state index in [4.69, 9.17) is 0 Å². The van der Waals surface area contributed by atoms with Crippen molar-refractivity contribution in [2.24, 2.45) is 0 Å². The quantitative estimate of drug-likeness (QED) is 0.571. The van der Waals surface area contributed by atoms with E-state index in [-0.39, 0.29) is 5.75 Å². The number of ether oxygens (including phenoxy) is 1. The van der Waals surface area contributed by atoms with Crippen molar-refractivity contribution in [3.63, 3.8) is 0 Å². The molecular weight excluding hydrogens is 383 g/mol. The summed E-state index contributed by atoms with van der Waals surface area (Å²) in [5.41, 5.74) is 2.66. The third-order valence-corrected chi connectivity index (χ3v) is 4.23. The fourth-order valence-corrected chi connectivity index (χ4v) is 2.90. The monoisotopic (exact) mass is 405 g/mol. The minimum absolute atomic E-state index is 0.239. The molecule has 0 bridgehead atoms. The molecule has 6 nitrogen and oxygen atoms in total. The standard InChI is InChI=1S/C20H22F3N5O/c1-27(2)12-5-13-28-25-19(24-26-28)18-7-4-3-6-16(18)14-15-8-10-17(11-9-15)29-20(21,22)23/h3-4,6-11H,5,12-14H2,1-2H3. The minimum Gasteiger partial charge on any atom is -0.406 e. The Labute approximate surface area is 166 Å². The molecule has 0 atom stereocenters. The van der Waals surface area contributed by atoms with Gasteiger partial charge in [-0.25, -0.2) is 0 Å². The van der Waals surface area contributed by atoms with Gasteiger partial charge in [0.1, 0.15) is 5.75 Å². The third-order valence-electron chi connectivity index (χ3n) is 4.23. The maximum Gasteiger partial charge on any atom is 0.573 e. The summed E-state index contributed by atoms with van der Waals surface area (Å²) in [5, 5.41) is 12.7.